The molecule has 0 aromatic carbocycles. The first-order valence-electron chi connectivity index (χ1n) is 3.90. The lowest BCUT2D eigenvalue weighted by molar-refractivity contribution is -0.0136. The third-order valence-electron chi connectivity index (χ3n) is 2.32. The number of hydrogen-bond donors (Lipinski definition) is 1. The summed E-state index contributed by atoms with van der Waals surface area (Å²) in [5.74, 6) is 0. The summed E-state index contributed by atoms with van der Waals surface area (Å²) in [6.07, 6.45) is 1.58. The van der Waals surface area contributed by atoms with Crippen molar-refractivity contribution in [2.24, 2.45) is 5.41 Å². The van der Waals surface area contributed by atoms with Crippen LogP contribution < -0.4 is 5.32 Å². The minimum absolute atomic E-state index is 0. The van der Waals surface area contributed by atoms with Crippen LogP contribution in [0.3, 0.4) is 0 Å². The zero-order valence-electron chi connectivity index (χ0n) is 7.52. The van der Waals surface area contributed by atoms with Crippen molar-refractivity contribution in [3.8, 4) is 0 Å². The maximum absolute atomic E-state index is 5.37. The second-order valence-corrected chi connectivity index (χ2v) is 3.68. The number of nitrogens with one attached hydrogen (secondary N) is 1. The summed E-state index contributed by atoms with van der Waals surface area (Å²) in [5, 5.41) is 3.36. The largest absolute Gasteiger partial charge is 0.381 e. The summed E-state index contributed by atoms with van der Waals surface area (Å²) in [6.45, 7) is 6.66. The second-order valence-electron chi connectivity index (χ2n) is 3.68. The minimum atomic E-state index is 0. The van der Waals surface area contributed by atoms with E-state index in [1.54, 1.807) is 7.11 Å². The molecular weight excluding hydrogens is 162 g/mol. The van der Waals surface area contributed by atoms with Crippen molar-refractivity contribution in [2.45, 2.75) is 26.4 Å². The van der Waals surface area contributed by atoms with E-state index in [-0.39, 0.29) is 12.4 Å². The highest BCUT2D eigenvalue weighted by Gasteiger charge is 2.31. The van der Waals surface area contributed by atoms with Crippen molar-refractivity contribution >= 4 is 12.4 Å². The van der Waals surface area contributed by atoms with Crippen LogP contribution in [0, 0.1) is 5.41 Å². The molecule has 1 heterocycles. The summed E-state index contributed by atoms with van der Waals surface area (Å²) in [7, 11) is 1.80. The topological polar surface area (TPSA) is 21.3 Å². The number of hydrogen-bond acceptors (Lipinski definition) is 2. The monoisotopic (exact) mass is 179 g/mol. The lowest BCUT2D eigenvalue weighted by Gasteiger charge is -2.37. The second kappa shape index (κ2) is 4.29. The van der Waals surface area contributed by atoms with Gasteiger partial charge in [-0.05, 0) is 13.0 Å². The van der Waals surface area contributed by atoms with E-state index >= 15 is 0 Å². The van der Waals surface area contributed by atoms with E-state index in [0.29, 0.717) is 11.5 Å². The number of halogens is 1. The van der Waals surface area contributed by atoms with Gasteiger partial charge in [-0.15, -0.1) is 12.4 Å². The van der Waals surface area contributed by atoms with E-state index in [9.17, 15) is 0 Å². The van der Waals surface area contributed by atoms with Crippen molar-refractivity contribution in [2.75, 3.05) is 20.2 Å². The molecule has 3 heteroatoms. The Labute approximate surface area is 75.1 Å². The molecule has 1 aliphatic rings. The van der Waals surface area contributed by atoms with Crippen LogP contribution in [-0.4, -0.2) is 26.3 Å². The average Bonchev–Trinajstić information content (AvgIpc) is 1.87. The number of piperidine rings is 1. The van der Waals surface area contributed by atoms with E-state index in [1.807, 2.05) is 0 Å². The first-order chi connectivity index (χ1) is 4.67. The minimum Gasteiger partial charge on any atom is -0.381 e. The first kappa shape index (κ1) is 11.2. The highest BCUT2D eigenvalue weighted by molar-refractivity contribution is 5.85. The molecule has 11 heavy (non-hydrogen) atoms. The quantitative estimate of drug-likeness (QED) is 0.658. The van der Waals surface area contributed by atoms with Crippen LogP contribution in [0.25, 0.3) is 0 Å². The predicted octanol–water partition coefficient (Wildman–Crippen LogP) is 1.44. The smallest absolute Gasteiger partial charge is 0.0646 e. The summed E-state index contributed by atoms with van der Waals surface area (Å²) in [4.78, 5) is 0. The van der Waals surface area contributed by atoms with Crippen LogP contribution in [-0.2, 0) is 4.74 Å². The van der Waals surface area contributed by atoms with Crippen LogP contribution in [0.5, 0.6) is 0 Å². The standard InChI is InChI=1S/C8H17NO.ClH/c1-8(2)6-9-5-4-7(8)10-3;/h7,9H,4-6H2,1-3H3;1H/t7-;/m0./s1. The van der Waals surface area contributed by atoms with Gasteiger partial charge in [0.25, 0.3) is 0 Å². The van der Waals surface area contributed by atoms with Crippen LogP contribution in [0.2, 0.25) is 0 Å². The Hall–Kier alpha value is 0.210. The van der Waals surface area contributed by atoms with E-state index in [1.165, 1.54) is 0 Å². The molecule has 0 aliphatic carbocycles. The number of ether oxygens (including phenoxy) is 1. The lowest BCUT2D eigenvalue weighted by Crippen LogP contribution is -2.46. The van der Waals surface area contributed by atoms with Crippen molar-refractivity contribution in [1.82, 2.24) is 5.32 Å². The van der Waals surface area contributed by atoms with Crippen LogP contribution in [0.15, 0.2) is 0 Å². The summed E-state index contributed by atoms with van der Waals surface area (Å²) < 4.78 is 5.37. The highest BCUT2D eigenvalue weighted by atomic mass is 35.5. The molecule has 0 radical (unpaired) electrons. The Kier molecular flexibility index (Phi) is 4.37. The molecule has 0 amide bonds. The fraction of sp³-hybridized carbons (Fsp3) is 1.00. The molecule has 0 spiro atoms. The Balaban J connectivity index is 0.000001000. The highest BCUT2D eigenvalue weighted by Crippen LogP contribution is 2.26. The van der Waals surface area contributed by atoms with Gasteiger partial charge in [-0.2, -0.15) is 0 Å². The zero-order valence-corrected chi connectivity index (χ0v) is 8.33. The van der Waals surface area contributed by atoms with Gasteiger partial charge in [-0.25, -0.2) is 0 Å². The average molecular weight is 180 g/mol. The van der Waals surface area contributed by atoms with Crippen LogP contribution >= 0.6 is 12.4 Å². The van der Waals surface area contributed by atoms with Crippen molar-refractivity contribution in [1.29, 1.82) is 0 Å². The van der Waals surface area contributed by atoms with E-state index < -0.39 is 0 Å². The van der Waals surface area contributed by atoms with E-state index in [2.05, 4.69) is 19.2 Å². The Morgan fingerprint density at radius 3 is 2.45 bits per heavy atom. The van der Waals surface area contributed by atoms with Gasteiger partial charge in [0, 0.05) is 19.1 Å². The fourth-order valence-corrected chi connectivity index (χ4v) is 1.59. The third-order valence-corrected chi connectivity index (χ3v) is 2.32. The molecule has 0 aromatic heterocycles. The van der Waals surface area contributed by atoms with Crippen LogP contribution in [0.4, 0.5) is 0 Å². The van der Waals surface area contributed by atoms with Gasteiger partial charge in [-0.3, -0.25) is 0 Å². The molecule has 0 bridgehead atoms. The molecule has 1 saturated heterocycles. The molecule has 1 rings (SSSR count). The maximum atomic E-state index is 5.37. The van der Waals surface area contributed by atoms with Gasteiger partial charge in [0.1, 0.15) is 0 Å². The lowest BCUT2D eigenvalue weighted by atomic mass is 9.82. The maximum Gasteiger partial charge on any atom is 0.0646 e. The Morgan fingerprint density at radius 2 is 2.09 bits per heavy atom. The molecule has 0 aromatic rings. The van der Waals surface area contributed by atoms with Crippen molar-refractivity contribution < 1.29 is 4.74 Å². The molecule has 1 aliphatic heterocycles. The van der Waals surface area contributed by atoms with Gasteiger partial charge in [0.2, 0.25) is 0 Å². The molecule has 1 N–H and O–H groups in total. The van der Waals surface area contributed by atoms with Crippen LogP contribution in [0.1, 0.15) is 20.3 Å². The van der Waals surface area contributed by atoms with Crippen molar-refractivity contribution in [3.63, 3.8) is 0 Å². The fourth-order valence-electron chi connectivity index (χ4n) is 1.59. The molecule has 2 nitrogen and oxygen atoms in total. The first-order valence-corrected chi connectivity index (χ1v) is 3.90. The van der Waals surface area contributed by atoms with Gasteiger partial charge in [-0.1, -0.05) is 13.8 Å². The number of methoxy groups -OCH3 is 1. The zero-order chi connectivity index (χ0) is 7.61. The summed E-state index contributed by atoms with van der Waals surface area (Å²) in [6, 6.07) is 0. The van der Waals surface area contributed by atoms with E-state index in [0.717, 1.165) is 19.5 Å². The summed E-state index contributed by atoms with van der Waals surface area (Å²) in [5.41, 5.74) is 0.312. The third kappa shape index (κ3) is 2.62. The molecule has 0 saturated carbocycles. The molecular formula is C8H18ClNO. The van der Waals surface area contributed by atoms with E-state index in [4.69, 9.17) is 4.74 Å². The Morgan fingerprint density at radius 1 is 1.45 bits per heavy atom. The van der Waals surface area contributed by atoms with Gasteiger partial charge in [0.15, 0.2) is 0 Å². The van der Waals surface area contributed by atoms with Gasteiger partial charge < -0.3 is 10.1 Å². The van der Waals surface area contributed by atoms with Gasteiger partial charge in [0.05, 0.1) is 6.10 Å². The van der Waals surface area contributed by atoms with Gasteiger partial charge >= 0.3 is 0 Å². The SMILES string of the molecule is CO[C@H]1CCNCC1(C)C.Cl. The molecule has 0 unspecified atom stereocenters. The number of rotatable bonds is 1. The Bertz CT molecular complexity index is 117. The molecule has 1 fully saturated rings. The molecule has 68 valence electrons. The van der Waals surface area contributed by atoms with Crippen molar-refractivity contribution in [3.05, 3.63) is 0 Å². The molecule has 1 atom stereocenters. The summed E-state index contributed by atoms with van der Waals surface area (Å²) >= 11 is 0. The normalized spacial score (nSPS) is 29.2. The predicted molar refractivity (Wildman–Crippen MR) is 49.3 cm³/mol.